The van der Waals surface area contributed by atoms with Crippen molar-refractivity contribution in [1.82, 2.24) is 0 Å². The van der Waals surface area contributed by atoms with E-state index in [2.05, 4.69) is 22.0 Å². The Labute approximate surface area is 115 Å². The molecule has 3 nitrogen and oxygen atoms in total. The van der Waals surface area contributed by atoms with Crippen molar-refractivity contribution in [3.05, 3.63) is 48.5 Å². The Morgan fingerprint density at radius 2 is 1.89 bits per heavy atom. The van der Waals surface area contributed by atoms with Gasteiger partial charge in [-0.1, -0.05) is 24.3 Å². The van der Waals surface area contributed by atoms with Gasteiger partial charge >= 0.3 is 0 Å². The molecule has 1 spiro atoms. The number of benzene rings is 2. The molecule has 0 saturated heterocycles. The lowest BCUT2D eigenvalue weighted by atomic mass is 10.2. The van der Waals surface area contributed by atoms with E-state index in [4.69, 9.17) is 4.74 Å². The molecule has 0 bridgehead atoms. The number of aliphatic imine (C=N–C) groups is 1. The van der Waals surface area contributed by atoms with E-state index in [9.17, 15) is 0 Å². The largest absolute Gasteiger partial charge is 0.451 e. The normalized spacial score (nSPS) is 23.1. The van der Waals surface area contributed by atoms with Crippen molar-refractivity contribution < 1.29 is 4.74 Å². The summed E-state index contributed by atoms with van der Waals surface area (Å²) in [5.41, 5.74) is 2.07. The third kappa shape index (κ3) is 1.50. The highest BCUT2D eigenvalue weighted by Crippen LogP contribution is 2.51. The molecule has 2 aliphatic rings. The van der Waals surface area contributed by atoms with Crippen LogP contribution in [0.15, 0.2) is 58.4 Å². The molecule has 0 aliphatic carbocycles. The van der Waals surface area contributed by atoms with Crippen molar-refractivity contribution in [2.45, 2.75) is 9.95 Å². The monoisotopic (exact) mass is 268 g/mol. The Kier molecular flexibility index (Phi) is 2.17. The molecule has 0 amide bonds. The summed E-state index contributed by atoms with van der Waals surface area (Å²) in [7, 11) is 2.04. The Bertz CT molecular complexity index is 685. The molecule has 1 unspecified atom stereocenters. The smallest absolute Gasteiger partial charge is 0.272 e. The SMILES string of the molecule is CN1c2ccccc2SC12C=Nc1ccccc1O2. The van der Waals surface area contributed by atoms with Crippen LogP contribution in [0.1, 0.15) is 0 Å². The van der Waals surface area contributed by atoms with Crippen LogP contribution in [0.25, 0.3) is 0 Å². The summed E-state index contributed by atoms with van der Waals surface area (Å²) in [6.07, 6.45) is 1.89. The second-order valence-electron chi connectivity index (χ2n) is 4.59. The summed E-state index contributed by atoms with van der Waals surface area (Å²) in [5.74, 6) is 0.831. The number of para-hydroxylation sites is 3. The van der Waals surface area contributed by atoms with Gasteiger partial charge in [-0.2, -0.15) is 0 Å². The number of nitrogens with zero attached hydrogens (tertiary/aromatic N) is 2. The highest BCUT2D eigenvalue weighted by molar-refractivity contribution is 8.01. The third-order valence-corrected chi connectivity index (χ3v) is 4.76. The molecule has 2 aliphatic heterocycles. The predicted molar refractivity (Wildman–Crippen MR) is 78.7 cm³/mol. The number of hydrogen-bond donors (Lipinski definition) is 0. The van der Waals surface area contributed by atoms with Gasteiger partial charge in [-0.3, -0.25) is 4.99 Å². The van der Waals surface area contributed by atoms with Crippen molar-refractivity contribution in [2.24, 2.45) is 4.99 Å². The van der Waals surface area contributed by atoms with Gasteiger partial charge in [-0.25, -0.2) is 0 Å². The zero-order valence-electron chi connectivity index (χ0n) is 10.4. The second-order valence-corrected chi connectivity index (χ2v) is 5.82. The van der Waals surface area contributed by atoms with E-state index in [-0.39, 0.29) is 0 Å². The van der Waals surface area contributed by atoms with Crippen molar-refractivity contribution in [1.29, 1.82) is 0 Å². The molecule has 0 saturated carbocycles. The molecule has 19 heavy (non-hydrogen) atoms. The summed E-state index contributed by atoms with van der Waals surface area (Å²) in [6.45, 7) is 0. The third-order valence-electron chi connectivity index (χ3n) is 3.44. The van der Waals surface area contributed by atoms with Crippen molar-refractivity contribution >= 4 is 29.4 Å². The van der Waals surface area contributed by atoms with Crippen LogP contribution in [0.5, 0.6) is 5.75 Å². The molecule has 2 aromatic rings. The van der Waals surface area contributed by atoms with E-state index in [0.29, 0.717) is 0 Å². The average Bonchev–Trinajstić information content (AvgIpc) is 2.72. The minimum absolute atomic E-state index is 0.558. The zero-order valence-corrected chi connectivity index (χ0v) is 11.2. The molecule has 4 heteroatoms. The fourth-order valence-corrected chi connectivity index (χ4v) is 3.65. The van der Waals surface area contributed by atoms with Crippen LogP contribution < -0.4 is 9.64 Å². The zero-order chi connectivity index (χ0) is 12.9. The maximum Gasteiger partial charge on any atom is 0.272 e. The molecule has 4 rings (SSSR count). The Morgan fingerprint density at radius 1 is 1.11 bits per heavy atom. The van der Waals surface area contributed by atoms with E-state index in [0.717, 1.165) is 11.4 Å². The van der Waals surface area contributed by atoms with Crippen LogP contribution in [0.4, 0.5) is 11.4 Å². The highest BCUT2D eigenvalue weighted by Gasteiger charge is 2.45. The molecule has 1 atom stereocenters. The van der Waals surface area contributed by atoms with Crippen LogP contribution in [0, 0.1) is 0 Å². The van der Waals surface area contributed by atoms with E-state index < -0.39 is 5.06 Å². The minimum atomic E-state index is -0.558. The number of thioether (sulfide) groups is 1. The number of hydrogen-bond acceptors (Lipinski definition) is 4. The first-order chi connectivity index (χ1) is 9.28. The lowest BCUT2D eigenvalue weighted by Gasteiger charge is -2.35. The van der Waals surface area contributed by atoms with Crippen LogP contribution in [0.3, 0.4) is 0 Å². The lowest BCUT2D eigenvalue weighted by Crippen LogP contribution is -2.48. The first kappa shape index (κ1) is 10.9. The minimum Gasteiger partial charge on any atom is -0.451 e. The molecule has 0 aromatic heterocycles. The highest BCUT2D eigenvalue weighted by atomic mass is 32.2. The molecule has 94 valence electrons. The topological polar surface area (TPSA) is 24.8 Å². The van der Waals surface area contributed by atoms with Crippen LogP contribution >= 0.6 is 11.8 Å². The molecule has 0 N–H and O–H groups in total. The Hall–Kier alpha value is -1.94. The van der Waals surface area contributed by atoms with Crippen LogP contribution in [-0.2, 0) is 0 Å². The Balaban J connectivity index is 1.80. The molecular formula is C15H12N2OS. The first-order valence-electron chi connectivity index (χ1n) is 6.14. The maximum absolute atomic E-state index is 6.21. The van der Waals surface area contributed by atoms with Gasteiger partial charge in [0.05, 0.1) is 11.9 Å². The molecular weight excluding hydrogens is 256 g/mol. The van der Waals surface area contributed by atoms with Crippen LogP contribution in [0.2, 0.25) is 0 Å². The Morgan fingerprint density at radius 3 is 2.79 bits per heavy atom. The first-order valence-corrected chi connectivity index (χ1v) is 6.95. The summed E-state index contributed by atoms with van der Waals surface area (Å²) < 4.78 is 6.21. The average molecular weight is 268 g/mol. The summed E-state index contributed by atoms with van der Waals surface area (Å²) in [4.78, 5) is 7.90. The maximum atomic E-state index is 6.21. The van der Waals surface area contributed by atoms with Gasteiger partial charge in [0.25, 0.3) is 5.06 Å². The van der Waals surface area contributed by atoms with E-state index in [1.54, 1.807) is 11.8 Å². The van der Waals surface area contributed by atoms with Gasteiger partial charge < -0.3 is 9.64 Å². The second kappa shape index (κ2) is 3.78. The lowest BCUT2D eigenvalue weighted by molar-refractivity contribution is 0.239. The van der Waals surface area contributed by atoms with Crippen LogP contribution in [-0.4, -0.2) is 18.3 Å². The van der Waals surface area contributed by atoms with Gasteiger partial charge in [0.1, 0.15) is 11.4 Å². The number of anilines is 1. The van der Waals surface area contributed by atoms with Gasteiger partial charge in [-0.15, -0.1) is 0 Å². The van der Waals surface area contributed by atoms with E-state index in [1.165, 1.54) is 10.6 Å². The quantitative estimate of drug-likeness (QED) is 0.728. The van der Waals surface area contributed by atoms with Gasteiger partial charge in [0.2, 0.25) is 0 Å². The molecule has 0 fully saturated rings. The molecule has 2 heterocycles. The fraction of sp³-hybridized carbons (Fsp3) is 0.133. The fourth-order valence-electron chi connectivity index (χ4n) is 2.40. The van der Waals surface area contributed by atoms with Crippen molar-refractivity contribution in [3.8, 4) is 5.75 Å². The van der Waals surface area contributed by atoms with E-state index >= 15 is 0 Å². The summed E-state index contributed by atoms with van der Waals surface area (Å²) in [6, 6.07) is 16.2. The number of ether oxygens (including phenoxy) is 1. The van der Waals surface area contributed by atoms with Crippen molar-refractivity contribution in [3.63, 3.8) is 0 Å². The van der Waals surface area contributed by atoms with Gasteiger partial charge in [0.15, 0.2) is 0 Å². The number of fused-ring (bicyclic) bond motifs is 2. The molecule has 2 aromatic carbocycles. The van der Waals surface area contributed by atoms with Crippen molar-refractivity contribution in [2.75, 3.05) is 11.9 Å². The van der Waals surface area contributed by atoms with Gasteiger partial charge in [-0.05, 0) is 36.0 Å². The van der Waals surface area contributed by atoms with Gasteiger partial charge in [0, 0.05) is 11.9 Å². The standard InChI is InChI=1S/C15H12N2OS/c1-17-12-7-3-5-9-14(12)19-15(17)10-16-11-6-2-4-8-13(11)18-15/h2-10H,1H3. The molecule has 0 radical (unpaired) electrons. The number of rotatable bonds is 0. The van der Waals surface area contributed by atoms with E-state index in [1.807, 2.05) is 49.7 Å². The summed E-state index contributed by atoms with van der Waals surface area (Å²) >= 11 is 1.69. The summed E-state index contributed by atoms with van der Waals surface area (Å²) in [5, 5.41) is -0.558. The predicted octanol–water partition coefficient (Wildman–Crippen LogP) is 3.68.